The molecule has 1 fully saturated rings. The fourth-order valence-electron chi connectivity index (χ4n) is 2.61. The number of nitrogens with zero attached hydrogens (tertiary/aromatic N) is 2. The molecule has 0 amide bonds. The van der Waals surface area contributed by atoms with Gasteiger partial charge in [-0.15, -0.1) is 0 Å². The van der Waals surface area contributed by atoms with Crippen molar-refractivity contribution in [2.75, 3.05) is 0 Å². The molecule has 0 saturated heterocycles. The first-order valence-electron chi connectivity index (χ1n) is 6.73. The molecule has 18 heavy (non-hydrogen) atoms. The summed E-state index contributed by atoms with van der Waals surface area (Å²) in [5.74, 6) is 1.51. The highest BCUT2D eigenvalue weighted by Crippen LogP contribution is 2.33. The number of aliphatic hydroxyl groups is 1. The van der Waals surface area contributed by atoms with Gasteiger partial charge in [0, 0.05) is 32.3 Å². The Labute approximate surface area is 108 Å². The number of carbonyl (C=O) groups is 1. The average molecular weight is 250 g/mol. The smallest absolute Gasteiger partial charge is 0.164 e. The molecule has 1 N–H and O–H groups in total. The van der Waals surface area contributed by atoms with E-state index < -0.39 is 5.60 Å². The molecule has 0 bridgehead atoms. The van der Waals surface area contributed by atoms with Crippen molar-refractivity contribution in [2.45, 2.75) is 51.0 Å². The minimum Gasteiger partial charge on any atom is -0.382 e. The Morgan fingerprint density at radius 3 is 2.78 bits per heavy atom. The van der Waals surface area contributed by atoms with Crippen molar-refractivity contribution >= 4 is 5.78 Å². The molecule has 1 aliphatic carbocycles. The molecule has 1 saturated carbocycles. The van der Waals surface area contributed by atoms with Crippen molar-refractivity contribution in [1.29, 1.82) is 0 Å². The summed E-state index contributed by atoms with van der Waals surface area (Å²) in [7, 11) is 1.92. The van der Waals surface area contributed by atoms with Crippen LogP contribution in [0.15, 0.2) is 12.4 Å². The predicted molar refractivity (Wildman–Crippen MR) is 69.1 cm³/mol. The zero-order valence-corrected chi connectivity index (χ0v) is 11.2. The first kappa shape index (κ1) is 13.3. The molecule has 0 radical (unpaired) electrons. The van der Waals surface area contributed by atoms with Gasteiger partial charge in [0.25, 0.3) is 0 Å². The van der Waals surface area contributed by atoms with Gasteiger partial charge < -0.3 is 9.67 Å². The van der Waals surface area contributed by atoms with E-state index in [9.17, 15) is 9.90 Å². The van der Waals surface area contributed by atoms with Crippen LogP contribution in [0.1, 0.15) is 44.9 Å². The van der Waals surface area contributed by atoms with Crippen LogP contribution in [0, 0.1) is 5.92 Å². The second-order valence-corrected chi connectivity index (χ2v) is 5.59. The number of hydrogen-bond donors (Lipinski definition) is 1. The number of ketones is 1. The standard InChI is InChI=1S/C14H22N2O2/c1-11-5-7-14(18,8-6-11)12(17)3-4-13-15-9-10-16(13)2/h9-11,18H,3-8H2,1-2H3. The number of aromatic nitrogens is 2. The van der Waals surface area contributed by atoms with Crippen LogP contribution in [0.2, 0.25) is 0 Å². The van der Waals surface area contributed by atoms with E-state index >= 15 is 0 Å². The largest absolute Gasteiger partial charge is 0.382 e. The molecule has 100 valence electrons. The fraction of sp³-hybridized carbons (Fsp3) is 0.714. The highest BCUT2D eigenvalue weighted by molar-refractivity contribution is 5.87. The first-order chi connectivity index (χ1) is 8.51. The second-order valence-electron chi connectivity index (χ2n) is 5.59. The summed E-state index contributed by atoms with van der Waals surface area (Å²) >= 11 is 0. The van der Waals surface area contributed by atoms with Gasteiger partial charge in [-0.1, -0.05) is 6.92 Å². The van der Waals surface area contributed by atoms with Crippen LogP contribution in [0.25, 0.3) is 0 Å². The van der Waals surface area contributed by atoms with Crippen LogP contribution in [0.5, 0.6) is 0 Å². The Hall–Kier alpha value is -1.16. The van der Waals surface area contributed by atoms with Crippen molar-refractivity contribution in [3.05, 3.63) is 18.2 Å². The summed E-state index contributed by atoms with van der Waals surface area (Å²) in [6, 6.07) is 0. The van der Waals surface area contributed by atoms with Gasteiger partial charge in [0.1, 0.15) is 11.4 Å². The molecule has 0 atom stereocenters. The third kappa shape index (κ3) is 2.80. The maximum absolute atomic E-state index is 12.1. The Bertz CT molecular complexity index is 417. The highest BCUT2D eigenvalue weighted by Gasteiger charge is 2.38. The van der Waals surface area contributed by atoms with Crippen LogP contribution >= 0.6 is 0 Å². The van der Waals surface area contributed by atoms with Crippen molar-refractivity contribution in [3.63, 3.8) is 0 Å². The summed E-state index contributed by atoms with van der Waals surface area (Å²) in [6.45, 7) is 2.18. The van der Waals surface area contributed by atoms with E-state index in [2.05, 4.69) is 11.9 Å². The summed E-state index contributed by atoms with van der Waals surface area (Å²) in [5, 5.41) is 10.4. The molecule has 1 heterocycles. The predicted octanol–water partition coefficient (Wildman–Crippen LogP) is 1.86. The lowest BCUT2D eigenvalue weighted by Gasteiger charge is -2.33. The molecule has 1 aromatic heterocycles. The lowest BCUT2D eigenvalue weighted by Crippen LogP contribution is -2.42. The summed E-state index contributed by atoms with van der Waals surface area (Å²) in [6.07, 6.45) is 7.74. The molecule has 0 unspecified atom stereocenters. The molecule has 4 nitrogen and oxygen atoms in total. The van der Waals surface area contributed by atoms with Gasteiger partial charge in [0.15, 0.2) is 5.78 Å². The normalized spacial score (nSPS) is 28.3. The van der Waals surface area contributed by atoms with E-state index in [1.807, 2.05) is 17.8 Å². The van der Waals surface area contributed by atoms with Gasteiger partial charge in [-0.2, -0.15) is 0 Å². The van der Waals surface area contributed by atoms with Gasteiger partial charge in [-0.3, -0.25) is 4.79 Å². The number of carbonyl (C=O) groups excluding carboxylic acids is 1. The van der Waals surface area contributed by atoms with E-state index in [-0.39, 0.29) is 5.78 Å². The van der Waals surface area contributed by atoms with Crippen LogP contribution < -0.4 is 0 Å². The van der Waals surface area contributed by atoms with Crippen LogP contribution in [-0.4, -0.2) is 26.0 Å². The first-order valence-corrected chi connectivity index (χ1v) is 6.73. The Kier molecular flexibility index (Phi) is 3.85. The van der Waals surface area contributed by atoms with Gasteiger partial charge in [-0.25, -0.2) is 4.98 Å². The monoisotopic (exact) mass is 250 g/mol. The van der Waals surface area contributed by atoms with Crippen molar-refractivity contribution in [1.82, 2.24) is 9.55 Å². The zero-order chi connectivity index (χ0) is 13.2. The number of Topliss-reactive ketones (excluding diaryl/α,β-unsaturated/α-hetero) is 1. The second kappa shape index (κ2) is 5.22. The summed E-state index contributed by atoms with van der Waals surface area (Å²) < 4.78 is 1.92. The Morgan fingerprint density at radius 2 is 2.22 bits per heavy atom. The molecule has 2 rings (SSSR count). The van der Waals surface area contributed by atoms with Crippen LogP contribution in [-0.2, 0) is 18.3 Å². The lowest BCUT2D eigenvalue weighted by molar-refractivity contribution is -0.141. The zero-order valence-electron chi connectivity index (χ0n) is 11.2. The molecular formula is C14H22N2O2. The van der Waals surface area contributed by atoms with Gasteiger partial charge in [-0.05, 0) is 31.6 Å². The van der Waals surface area contributed by atoms with Crippen molar-refractivity contribution in [3.8, 4) is 0 Å². The van der Waals surface area contributed by atoms with Gasteiger partial charge >= 0.3 is 0 Å². The average Bonchev–Trinajstić information content (AvgIpc) is 2.76. The van der Waals surface area contributed by atoms with Crippen molar-refractivity contribution in [2.24, 2.45) is 13.0 Å². The fourth-order valence-corrected chi connectivity index (χ4v) is 2.61. The molecule has 0 aromatic carbocycles. The summed E-state index contributed by atoms with van der Waals surface area (Å²) in [5.41, 5.74) is -1.07. The molecule has 0 spiro atoms. The molecule has 0 aliphatic heterocycles. The maximum atomic E-state index is 12.1. The Morgan fingerprint density at radius 1 is 1.56 bits per heavy atom. The number of hydrogen-bond acceptors (Lipinski definition) is 3. The SMILES string of the molecule is CC1CCC(O)(C(=O)CCc2nccn2C)CC1. The number of aryl methyl sites for hydroxylation is 2. The van der Waals surface area contributed by atoms with E-state index in [1.54, 1.807) is 6.20 Å². The van der Waals surface area contributed by atoms with Crippen LogP contribution in [0.3, 0.4) is 0 Å². The maximum Gasteiger partial charge on any atom is 0.164 e. The van der Waals surface area contributed by atoms with Gasteiger partial charge in [0.05, 0.1) is 0 Å². The molecule has 1 aliphatic rings. The van der Waals surface area contributed by atoms with Crippen molar-refractivity contribution < 1.29 is 9.90 Å². The minimum absolute atomic E-state index is 0.0163. The number of rotatable bonds is 4. The van der Waals surface area contributed by atoms with Gasteiger partial charge in [0.2, 0.25) is 0 Å². The van der Waals surface area contributed by atoms with E-state index in [0.29, 0.717) is 31.6 Å². The quantitative estimate of drug-likeness (QED) is 0.887. The van der Waals surface area contributed by atoms with Crippen LogP contribution in [0.4, 0.5) is 0 Å². The third-order valence-corrected chi connectivity index (χ3v) is 4.12. The molecule has 1 aromatic rings. The number of imidazole rings is 1. The van der Waals surface area contributed by atoms with E-state index in [1.165, 1.54) is 0 Å². The molecule has 4 heteroatoms. The lowest BCUT2D eigenvalue weighted by atomic mass is 9.76. The minimum atomic E-state index is -1.07. The Balaban J connectivity index is 1.90. The van der Waals surface area contributed by atoms with E-state index in [0.717, 1.165) is 18.7 Å². The topological polar surface area (TPSA) is 55.1 Å². The van der Waals surface area contributed by atoms with E-state index in [4.69, 9.17) is 0 Å². The third-order valence-electron chi connectivity index (χ3n) is 4.12. The molecular weight excluding hydrogens is 228 g/mol. The summed E-state index contributed by atoms with van der Waals surface area (Å²) in [4.78, 5) is 16.3. The highest BCUT2D eigenvalue weighted by atomic mass is 16.3.